The smallest absolute Gasteiger partial charge is 0.342 e. The van der Waals surface area contributed by atoms with E-state index in [9.17, 15) is 19.5 Å². The first kappa shape index (κ1) is 17.0. The number of imide groups is 1. The number of carbonyl (C=O) groups excluding carboxylic acids is 3. The van der Waals surface area contributed by atoms with Crippen molar-refractivity contribution in [1.82, 2.24) is 5.32 Å². The predicted molar refractivity (Wildman–Crippen MR) is 86.7 cm³/mol. The molecule has 0 saturated carbocycles. The number of benzene rings is 2. The summed E-state index contributed by atoms with van der Waals surface area (Å²) in [5.74, 6) is -1.88. The van der Waals surface area contributed by atoms with E-state index in [-0.39, 0.29) is 11.3 Å². The lowest BCUT2D eigenvalue weighted by Gasteiger charge is -2.08. The van der Waals surface area contributed by atoms with Crippen molar-refractivity contribution in [2.75, 3.05) is 11.9 Å². The van der Waals surface area contributed by atoms with E-state index in [2.05, 4.69) is 5.32 Å². The van der Waals surface area contributed by atoms with E-state index in [1.165, 1.54) is 12.1 Å². The summed E-state index contributed by atoms with van der Waals surface area (Å²) in [6.07, 6.45) is 0. The Labute approximate surface area is 138 Å². The van der Waals surface area contributed by atoms with Crippen LogP contribution in [0.25, 0.3) is 0 Å². The van der Waals surface area contributed by atoms with Crippen LogP contribution in [0.2, 0.25) is 0 Å². The third kappa shape index (κ3) is 4.84. The van der Waals surface area contributed by atoms with Gasteiger partial charge >= 0.3 is 12.0 Å². The quantitative estimate of drug-likeness (QED) is 0.746. The minimum Gasteiger partial charge on any atom is -0.507 e. The molecule has 3 amide bonds. The molecule has 24 heavy (non-hydrogen) atoms. The van der Waals surface area contributed by atoms with Crippen molar-refractivity contribution >= 4 is 23.6 Å². The Morgan fingerprint density at radius 2 is 1.79 bits per heavy atom. The second kappa shape index (κ2) is 7.77. The molecule has 0 unspecified atom stereocenters. The zero-order valence-corrected chi connectivity index (χ0v) is 12.9. The maximum Gasteiger partial charge on any atom is 0.342 e. The molecule has 0 spiro atoms. The van der Waals surface area contributed by atoms with Gasteiger partial charge in [-0.15, -0.1) is 0 Å². The molecular formula is C17H16N2O5. The summed E-state index contributed by atoms with van der Waals surface area (Å²) in [7, 11) is 0. The van der Waals surface area contributed by atoms with E-state index in [0.717, 1.165) is 5.56 Å². The van der Waals surface area contributed by atoms with Crippen LogP contribution in [0.4, 0.5) is 10.5 Å². The number of anilines is 1. The molecule has 0 aliphatic rings. The van der Waals surface area contributed by atoms with Crippen LogP contribution in [0.5, 0.6) is 5.75 Å². The van der Waals surface area contributed by atoms with E-state index in [1.54, 1.807) is 43.3 Å². The molecule has 3 N–H and O–H groups in total. The fourth-order valence-corrected chi connectivity index (χ4v) is 1.87. The molecule has 0 aliphatic heterocycles. The van der Waals surface area contributed by atoms with Gasteiger partial charge in [0.25, 0.3) is 5.91 Å². The van der Waals surface area contributed by atoms with Gasteiger partial charge in [0, 0.05) is 5.69 Å². The highest BCUT2D eigenvalue weighted by Crippen LogP contribution is 2.18. The van der Waals surface area contributed by atoms with Crippen molar-refractivity contribution in [2.24, 2.45) is 0 Å². The fourth-order valence-electron chi connectivity index (χ4n) is 1.87. The van der Waals surface area contributed by atoms with Crippen molar-refractivity contribution in [1.29, 1.82) is 0 Å². The first-order valence-electron chi connectivity index (χ1n) is 7.08. The molecule has 2 aromatic carbocycles. The number of hydrogen-bond donors (Lipinski definition) is 3. The molecule has 2 rings (SSSR count). The summed E-state index contributed by atoms with van der Waals surface area (Å²) in [5.41, 5.74) is 1.23. The van der Waals surface area contributed by atoms with E-state index in [4.69, 9.17) is 4.74 Å². The van der Waals surface area contributed by atoms with Gasteiger partial charge in [-0.05, 0) is 31.2 Å². The molecular weight excluding hydrogens is 312 g/mol. The lowest BCUT2D eigenvalue weighted by molar-refractivity contribution is -0.123. The number of aryl methyl sites for hydroxylation is 1. The Bertz CT molecular complexity index is 759. The zero-order chi connectivity index (χ0) is 17.5. The van der Waals surface area contributed by atoms with Gasteiger partial charge in [0.05, 0.1) is 0 Å². The number of ether oxygens (including phenoxy) is 1. The maximum absolute atomic E-state index is 11.8. The maximum atomic E-state index is 11.8. The number of nitrogens with one attached hydrogen (secondary N) is 2. The Balaban J connectivity index is 1.83. The van der Waals surface area contributed by atoms with E-state index in [1.807, 2.05) is 5.32 Å². The van der Waals surface area contributed by atoms with Crippen LogP contribution in [0.1, 0.15) is 15.9 Å². The molecule has 0 aliphatic carbocycles. The van der Waals surface area contributed by atoms with Gasteiger partial charge in [0.15, 0.2) is 6.61 Å². The first-order valence-corrected chi connectivity index (χ1v) is 7.08. The van der Waals surface area contributed by atoms with Crippen molar-refractivity contribution < 1.29 is 24.2 Å². The Hall–Kier alpha value is -3.35. The number of esters is 1. The molecule has 0 atom stereocenters. The first-order chi connectivity index (χ1) is 11.5. The van der Waals surface area contributed by atoms with E-state index >= 15 is 0 Å². The van der Waals surface area contributed by atoms with Crippen LogP contribution in [0.15, 0.2) is 48.5 Å². The highest BCUT2D eigenvalue weighted by molar-refractivity contribution is 6.02. The van der Waals surface area contributed by atoms with Crippen molar-refractivity contribution in [3.05, 3.63) is 59.7 Å². The fraction of sp³-hybridized carbons (Fsp3) is 0.118. The standard InChI is InChI=1S/C17H16N2O5/c1-11-7-8-14(20)13(9-11)16(22)24-10-15(21)19-17(23)18-12-5-3-2-4-6-12/h2-9,20H,10H2,1H3,(H2,18,19,21,23). The van der Waals surface area contributed by atoms with E-state index < -0.39 is 24.5 Å². The number of phenolic OH excluding ortho intramolecular Hbond substituents is 1. The summed E-state index contributed by atoms with van der Waals surface area (Å²) in [6, 6.07) is 12.3. The van der Waals surface area contributed by atoms with E-state index in [0.29, 0.717) is 5.69 Å². The minimum atomic E-state index is -0.852. The number of amides is 3. The third-order valence-electron chi connectivity index (χ3n) is 2.99. The molecule has 0 fully saturated rings. The summed E-state index contributed by atoms with van der Waals surface area (Å²) in [4.78, 5) is 35.1. The molecule has 0 heterocycles. The number of urea groups is 1. The SMILES string of the molecule is Cc1ccc(O)c(C(=O)OCC(=O)NC(=O)Nc2ccccc2)c1. The van der Waals surface area contributed by atoms with Gasteiger partial charge in [-0.25, -0.2) is 9.59 Å². The molecule has 7 heteroatoms. The lowest BCUT2D eigenvalue weighted by atomic mass is 10.1. The molecule has 124 valence electrons. The topological polar surface area (TPSA) is 105 Å². The molecule has 0 aromatic heterocycles. The largest absolute Gasteiger partial charge is 0.507 e. The molecule has 2 aromatic rings. The minimum absolute atomic E-state index is 0.0449. The average Bonchev–Trinajstić information content (AvgIpc) is 2.55. The number of para-hydroxylation sites is 1. The summed E-state index contributed by atoms with van der Waals surface area (Å²) < 4.78 is 4.79. The average molecular weight is 328 g/mol. The van der Waals surface area contributed by atoms with Gasteiger partial charge in [-0.1, -0.05) is 29.8 Å². The van der Waals surface area contributed by atoms with Gasteiger partial charge < -0.3 is 15.2 Å². The van der Waals surface area contributed by atoms with Crippen LogP contribution in [0.3, 0.4) is 0 Å². The highest BCUT2D eigenvalue weighted by atomic mass is 16.5. The van der Waals surface area contributed by atoms with Crippen molar-refractivity contribution in [3.63, 3.8) is 0 Å². The summed E-state index contributed by atoms with van der Waals surface area (Å²) >= 11 is 0. The third-order valence-corrected chi connectivity index (χ3v) is 2.99. The summed E-state index contributed by atoms with van der Waals surface area (Å²) in [5, 5.41) is 14.1. The monoisotopic (exact) mass is 328 g/mol. The molecule has 0 radical (unpaired) electrons. The number of rotatable bonds is 4. The highest BCUT2D eigenvalue weighted by Gasteiger charge is 2.15. The second-order valence-corrected chi connectivity index (χ2v) is 4.97. The second-order valence-electron chi connectivity index (χ2n) is 4.97. The summed E-state index contributed by atoms with van der Waals surface area (Å²) in [6.45, 7) is 1.10. The number of aromatic hydroxyl groups is 1. The van der Waals surface area contributed by atoms with Crippen LogP contribution >= 0.6 is 0 Å². The van der Waals surface area contributed by atoms with Crippen molar-refractivity contribution in [2.45, 2.75) is 6.92 Å². The van der Waals surface area contributed by atoms with Crippen LogP contribution in [-0.4, -0.2) is 29.6 Å². The molecule has 0 bridgehead atoms. The number of hydrogen-bond acceptors (Lipinski definition) is 5. The Morgan fingerprint density at radius 3 is 2.50 bits per heavy atom. The van der Waals surface area contributed by atoms with Gasteiger partial charge in [-0.3, -0.25) is 10.1 Å². The number of carbonyl (C=O) groups is 3. The van der Waals surface area contributed by atoms with Crippen LogP contribution in [0, 0.1) is 6.92 Å². The predicted octanol–water partition coefficient (Wildman–Crippen LogP) is 2.21. The van der Waals surface area contributed by atoms with Gasteiger partial charge in [0.2, 0.25) is 0 Å². The number of phenols is 1. The Morgan fingerprint density at radius 1 is 1.08 bits per heavy atom. The van der Waals surface area contributed by atoms with Gasteiger partial charge in [-0.2, -0.15) is 0 Å². The molecule has 7 nitrogen and oxygen atoms in total. The van der Waals surface area contributed by atoms with Gasteiger partial charge in [0.1, 0.15) is 11.3 Å². The lowest BCUT2D eigenvalue weighted by Crippen LogP contribution is -2.37. The molecule has 0 saturated heterocycles. The van der Waals surface area contributed by atoms with Crippen molar-refractivity contribution in [3.8, 4) is 5.75 Å². The Kier molecular flexibility index (Phi) is 5.51. The normalized spacial score (nSPS) is 9.88. The van der Waals surface area contributed by atoms with Crippen LogP contribution in [-0.2, 0) is 9.53 Å². The zero-order valence-electron chi connectivity index (χ0n) is 12.9. The van der Waals surface area contributed by atoms with Crippen LogP contribution < -0.4 is 10.6 Å².